The minimum absolute atomic E-state index is 0.623. The van der Waals surface area contributed by atoms with Crippen LogP contribution in [0.1, 0.15) is 12.0 Å². The van der Waals surface area contributed by atoms with E-state index in [-0.39, 0.29) is 0 Å². The fourth-order valence-electron chi connectivity index (χ4n) is 2.87. The lowest BCUT2D eigenvalue weighted by Crippen LogP contribution is -2.10. The van der Waals surface area contributed by atoms with E-state index in [0.717, 1.165) is 47.4 Å². The Kier molecular flexibility index (Phi) is 4.30. The molecule has 8 nitrogen and oxygen atoms in total. The van der Waals surface area contributed by atoms with Crippen LogP contribution in [0.3, 0.4) is 0 Å². The Hall–Kier alpha value is -3.29. The second-order valence-corrected chi connectivity index (χ2v) is 6.21. The smallest absolute Gasteiger partial charge is 0.223 e. The molecule has 0 bridgehead atoms. The number of hydrogen-bond donors (Lipinski definition) is 1. The Morgan fingerprint density at radius 3 is 2.88 bits per heavy atom. The van der Waals surface area contributed by atoms with Crippen LogP contribution in [0.2, 0.25) is 0 Å². The molecule has 0 aliphatic heterocycles. The van der Waals surface area contributed by atoms with Crippen molar-refractivity contribution < 1.29 is 0 Å². The van der Waals surface area contributed by atoms with Crippen LogP contribution in [-0.2, 0) is 13.6 Å². The van der Waals surface area contributed by atoms with E-state index in [2.05, 4.69) is 30.7 Å². The summed E-state index contributed by atoms with van der Waals surface area (Å²) in [4.78, 5) is 9.00. The lowest BCUT2D eigenvalue weighted by atomic mass is 10.1. The van der Waals surface area contributed by atoms with Crippen molar-refractivity contribution in [1.29, 1.82) is 0 Å². The summed E-state index contributed by atoms with van der Waals surface area (Å²) in [5.41, 5.74) is 4.89. The highest BCUT2D eigenvalue weighted by Gasteiger charge is 2.08. The summed E-state index contributed by atoms with van der Waals surface area (Å²) in [5, 5.41) is 15.9. The van der Waals surface area contributed by atoms with Crippen molar-refractivity contribution in [2.24, 2.45) is 7.05 Å². The van der Waals surface area contributed by atoms with Gasteiger partial charge in [-0.05, 0) is 31.0 Å². The van der Waals surface area contributed by atoms with E-state index in [1.165, 1.54) is 0 Å². The second kappa shape index (κ2) is 6.91. The predicted octanol–water partition coefficient (Wildman–Crippen LogP) is 2.43. The molecular formula is C18H20N8. The normalized spacial score (nSPS) is 11.2. The van der Waals surface area contributed by atoms with Gasteiger partial charge in [0.25, 0.3) is 0 Å². The minimum Gasteiger partial charge on any atom is -0.354 e. The molecule has 4 rings (SSSR count). The lowest BCUT2D eigenvalue weighted by molar-refractivity contribution is 0.585. The molecule has 0 unspecified atom stereocenters. The fraction of sp³-hybridized carbons (Fsp3) is 0.278. The zero-order valence-electron chi connectivity index (χ0n) is 14.8. The van der Waals surface area contributed by atoms with Crippen LogP contribution in [-0.4, -0.2) is 41.3 Å². The third-order valence-electron chi connectivity index (χ3n) is 4.20. The molecule has 1 N–H and O–H groups in total. The van der Waals surface area contributed by atoms with Gasteiger partial charge < -0.3 is 5.32 Å². The maximum Gasteiger partial charge on any atom is 0.223 e. The Labute approximate surface area is 150 Å². The number of para-hydroxylation sites is 1. The number of fused-ring (bicyclic) bond motifs is 1. The summed E-state index contributed by atoms with van der Waals surface area (Å²) >= 11 is 0. The molecule has 0 fully saturated rings. The standard InChI is InChI=1S/C18H20N8/c1-13-10-20-18(22-17(13)14-11-21-25(2)12-14)19-8-5-9-26-16-7-4-3-6-15(16)23-24-26/h3-4,6-7,10-12H,5,8-9H2,1-2H3,(H,19,20,22). The Bertz CT molecular complexity index is 1030. The van der Waals surface area contributed by atoms with Crippen molar-refractivity contribution >= 4 is 17.0 Å². The predicted molar refractivity (Wildman–Crippen MR) is 99.6 cm³/mol. The first-order chi connectivity index (χ1) is 12.7. The summed E-state index contributed by atoms with van der Waals surface area (Å²) in [6, 6.07) is 7.97. The van der Waals surface area contributed by atoms with Crippen LogP contribution in [0, 0.1) is 6.92 Å². The average molecular weight is 348 g/mol. The molecule has 4 aromatic rings. The van der Waals surface area contributed by atoms with Crippen LogP contribution in [0.25, 0.3) is 22.3 Å². The summed E-state index contributed by atoms with van der Waals surface area (Å²) in [7, 11) is 1.90. The first-order valence-electron chi connectivity index (χ1n) is 8.55. The van der Waals surface area contributed by atoms with Gasteiger partial charge in [0.15, 0.2) is 0 Å². The number of hydrogen-bond acceptors (Lipinski definition) is 6. The minimum atomic E-state index is 0.623. The van der Waals surface area contributed by atoms with E-state index in [4.69, 9.17) is 0 Å². The highest BCUT2D eigenvalue weighted by molar-refractivity contribution is 5.73. The second-order valence-electron chi connectivity index (χ2n) is 6.21. The van der Waals surface area contributed by atoms with E-state index < -0.39 is 0 Å². The van der Waals surface area contributed by atoms with E-state index in [1.54, 1.807) is 4.68 Å². The van der Waals surface area contributed by atoms with E-state index >= 15 is 0 Å². The molecule has 0 atom stereocenters. The van der Waals surface area contributed by atoms with Crippen molar-refractivity contribution in [3.05, 3.63) is 48.4 Å². The average Bonchev–Trinajstić information content (AvgIpc) is 3.26. The number of nitrogens with one attached hydrogen (secondary N) is 1. The van der Waals surface area contributed by atoms with Gasteiger partial charge >= 0.3 is 0 Å². The SMILES string of the molecule is Cc1cnc(NCCCn2nnc3ccccc32)nc1-c1cnn(C)c1. The Balaban J connectivity index is 1.39. The van der Waals surface area contributed by atoms with Crippen LogP contribution in [0.4, 0.5) is 5.95 Å². The summed E-state index contributed by atoms with van der Waals surface area (Å²) in [6.45, 7) is 3.54. The first-order valence-corrected chi connectivity index (χ1v) is 8.55. The van der Waals surface area contributed by atoms with Gasteiger partial charge in [-0.2, -0.15) is 5.10 Å². The molecule has 1 aromatic carbocycles. The number of rotatable bonds is 6. The quantitative estimate of drug-likeness (QED) is 0.539. The highest BCUT2D eigenvalue weighted by Crippen LogP contribution is 2.20. The zero-order chi connectivity index (χ0) is 17.9. The molecule has 132 valence electrons. The van der Waals surface area contributed by atoms with Crippen LogP contribution < -0.4 is 5.32 Å². The number of benzene rings is 1. The number of anilines is 1. The summed E-state index contributed by atoms with van der Waals surface area (Å²) < 4.78 is 3.69. The third-order valence-corrected chi connectivity index (χ3v) is 4.20. The zero-order valence-corrected chi connectivity index (χ0v) is 14.8. The van der Waals surface area contributed by atoms with Gasteiger partial charge in [0.1, 0.15) is 5.52 Å². The van der Waals surface area contributed by atoms with Gasteiger partial charge in [0.2, 0.25) is 5.95 Å². The van der Waals surface area contributed by atoms with Gasteiger partial charge in [-0.15, -0.1) is 5.10 Å². The highest BCUT2D eigenvalue weighted by atomic mass is 15.4. The lowest BCUT2D eigenvalue weighted by Gasteiger charge is -2.08. The Morgan fingerprint density at radius 2 is 2.04 bits per heavy atom. The van der Waals surface area contributed by atoms with Gasteiger partial charge in [0, 0.05) is 38.1 Å². The molecule has 0 saturated carbocycles. The maximum atomic E-state index is 4.63. The maximum absolute atomic E-state index is 4.63. The van der Waals surface area contributed by atoms with Crippen molar-refractivity contribution in [1.82, 2.24) is 34.7 Å². The Morgan fingerprint density at radius 1 is 1.15 bits per heavy atom. The van der Waals surface area contributed by atoms with Crippen molar-refractivity contribution in [3.8, 4) is 11.3 Å². The molecule has 3 heterocycles. The van der Waals surface area contributed by atoms with Gasteiger partial charge in [-0.1, -0.05) is 17.3 Å². The molecule has 0 spiro atoms. The topological polar surface area (TPSA) is 86.3 Å². The van der Waals surface area contributed by atoms with Crippen LogP contribution in [0.15, 0.2) is 42.9 Å². The van der Waals surface area contributed by atoms with E-state index in [1.807, 2.05) is 61.5 Å². The first kappa shape index (κ1) is 16.2. The van der Waals surface area contributed by atoms with Crippen molar-refractivity contribution in [2.45, 2.75) is 19.9 Å². The molecule has 8 heteroatoms. The van der Waals surface area contributed by atoms with Crippen molar-refractivity contribution in [3.63, 3.8) is 0 Å². The number of nitrogens with zero attached hydrogens (tertiary/aromatic N) is 7. The molecule has 26 heavy (non-hydrogen) atoms. The monoisotopic (exact) mass is 348 g/mol. The summed E-state index contributed by atoms with van der Waals surface area (Å²) in [6.07, 6.45) is 6.50. The molecule has 0 aliphatic rings. The van der Waals surface area contributed by atoms with E-state index in [0.29, 0.717) is 5.95 Å². The van der Waals surface area contributed by atoms with Crippen LogP contribution in [0.5, 0.6) is 0 Å². The molecule has 0 aliphatic carbocycles. The molecule has 0 amide bonds. The summed E-state index contributed by atoms with van der Waals surface area (Å²) in [5.74, 6) is 0.623. The number of aromatic nitrogens is 7. The number of aryl methyl sites for hydroxylation is 3. The van der Waals surface area contributed by atoms with Crippen LogP contribution >= 0.6 is 0 Å². The van der Waals surface area contributed by atoms with Gasteiger partial charge in [-0.25, -0.2) is 14.6 Å². The molecule has 0 radical (unpaired) electrons. The molecule has 0 saturated heterocycles. The molecular weight excluding hydrogens is 328 g/mol. The van der Waals surface area contributed by atoms with Crippen molar-refractivity contribution in [2.75, 3.05) is 11.9 Å². The fourth-order valence-corrected chi connectivity index (χ4v) is 2.87. The van der Waals surface area contributed by atoms with E-state index in [9.17, 15) is 0 Å². The molecule has 3 aromatic heterocycles. The van der Waals surface area contributed by atoms with Gasteiger partial charge in [0.05, 0.1) is 17.4 Å². The van der Waals surface area contributed by atoms with Gasteiger partial charge in [-0.3, -0.25) is 4.68 Å². The third kappa shape index (κ3) is 3.26. The largest absolute Gasteiger partial charge is 0.354 e.